The van der Waals surface area contributed by atoms with E-state index in [-0.39, 0.29) is 51.7 Å². The number of hydrogen-bond acceptors (Lipinski definition) is 10. The van der Waals surface area contributed by atoms with Crippen LogP contribution in [0.15, 0.2) is 29.2 Å². The van der Waals surface area contributed by atoms with Crippen LogP contribution in [0, 0.1) is 0 Å². The molecular weight excluding hydrogens is 653 g/mol. The van der Waals surface area contributed by atoms with Crippen LogP contribution in [-0.2, 0) is 17.7 Å². The molecule has 1 aromatic heterocycles. The summed E-state index contributed by atoms with van der Waals surface area (Å²) in [5.41, 5.74) is -1.26. The third-order valence-corrected chi connectivity index (χ3v) is 19.2. The lowest BCUT2D eigenvalue weighted by molar-refractivity contribution is -0.140. The summed E-state index contributed by atoms with van der Waals surface area (Å²) in [7, 11) is -2.13. The molecule has 0 aliphatic carbocycles. The number of carbonyl (C=O) groups is 1. The van der Waals surface area contributed by atoms with Crippen LogP contribution in [0.5, 0.6) is 17.2 Å². The van der Waals surface area contributed by atoms with E-state index < -0.39 is 53.1 Å². The molecule has 12 nitrogen and oxygen atoms in total. The maximum absolute atomic E-state index is 16.4. The molecular formula is C31H47F2N3O9Si2. The predicted octanol–water partition coefficient (Wildman–Crippen LogP) is 6.01. The molecule has 3 atom stereocenters. The van der Waals surface area contributed by atoms with Gasteiger partial charge in [-0.1, -0.05) is 55.4 Å². The molecule has 0 unspecified atom stereocenters. The van der Waals surface area contributed by atoms with Gasteiger partial charge in [0.25, 0.3) is 5.91 Å². The Morgan fingerprint density at radius 3 is 1.98 bits per heavy atom. The molecule has 2 aromatic rings. The number of aromatic nitrogens is 2. The standard InChI is InChI=1S/C31H47F2N3O9Si2/c1-17(2)46(18(3)4)42-16-24-27(44-47(45-46,19(5)6)20(7)8)31(32,33)29(43-24)36-13-12-25(35-30(36)38)34-28(37)21-14-22(39-9)26(41-11)23(15-21)40-10/h12-15,17-20,24,27,29H,16H2,1-11H3,(H,34,35,37,38)/t24-,27+,29-/m1/s1. The summed E-state index contributed by atoms with van der Waals surface area (Å²) < 4.78 is 75.5. The van der Waals surface area contributed by atoms with Crippen LogP contribution in [0.4, 0.5) is 14.6 Å². The number of hydrogen-bond donors (Lipinski definition) is 1. The van der Waals surface area contributed by atoms with E-state index in [0.717, 1.165) is 6.20 Å². The number of halogens is 2. The Bertz CT molecular complexity index is 1460. The Kier molecular flexibility index (Phi) is 10.9. The molecule has 3 heterocycles. The summed E-state index contributed by atoms with van der Waals surface area (Å²) in [5.74, 6) is -3.67. The van der Waals surface area contributed by atoms with E-state index in [4.69, 9.17) is 31.9 Å². The number of nitrogens with zero attached hydrogens (tertiary/aromatic N) is 2. The van der Waals surface area contributed by atoms with Gasteiger partial charge < -0.3 is 37.2 Å². The van der Waals surface area contributed by atoms with Gasteiger partial charge in [0.1, 0.15) is 18.0 Å². The van der Waals surface area contributed by atoms with Gasteiger partial charge in [-0.05, 0) is 40.4 Å². The van der Waals surface area contributed by atoms with Crippen molar-refractivity contribution >= 4 is 28.8 Å². The number of ether oxygens (including phenoxy) is 4. The van der Waals surface area contributed by atoms with Crippen molar-refractivity contribution in [2.24, 2.45) is 0 Å². The molecule has 262 valence electrons. The van der Waals surface area contributed by atoms with E-state index in [0.29, 0.717) is 10.3 Å². The molecule has 2 aliphatic rings. The fourth-order valence-electron chi connectivity index (χ4n) is 6.43. The molecule has 2 fully saturated rings. The number of fused-ring (bicyclic) bond motifs is 1. The first-order chi connectivity index (χ1) is 22.0. The quantitative estimate of drug-likeness (QED) is 0.295. The number of rotatable bonds is 10. The molecule has 1 aromatic carbocycles. The van der Waals surface area contributed by atoms with Crippen LogP contribution in [0.1, 0.15) is 72.0 Å². The lowest BCUT2D eigenvalue weighted by Crippen LogP contribution is -2.66. The first kappa shape index (κ1) is 36.9. The van der Waals surface area contributed by atoms with Gasteiger partial charge in [0.05, 0.1) is 27.9 Å². The summed E-state index contributed by atoms with van der Waals surface area (Å²) in [6.45, 7) is 15.7. The molecule has 1 N–H and O–H groups in total. The smallest absolute Gasteiger partial charge is 0.351 e. The second-order valence-corrected chi connectivity index (χ2v) is 21.9. The summed E-state index contributed by atoms with van der Waals surface area (Å²) in [5, 5.41) is 2.52. The summed E-state index contributed by atoms with van der Waals surface area (Å²) in [4.78, 5) is 30.2. The Balaban J connectivity index is 1.66. The van der Waals surface area contributed by atoms with Crippen LogP contribution in [0.3, 0.4) is 0 Å². The van der Waals surface area contributed by atoms with Crippen LogP contribution in [0.25, 0.3) is 0 Å². The number of nitrogens with one attached hydrogen (secondary N) is 1. The van der Waals surface area contributed by atoms with Gasteiger partial charge in [-0.2, -0.15) is 13.8 Å². The molecule has 2 saturated heterocycles. The topological polar surface area (TPSA) is 129 Å². The van der Waals surface area contributed by atoms with E-state index in [1.165, 1.54) is 39.5 Å². The van der Waals surface area contributed by atoms with Crippen molar-refractivity contribution in [2.75, 3.05) is 33.3 Å². The van der Waals surface area contributed by atoms with Crippen LogP contribution >= 0.6 is 0 Å². The minimum atomic E-state index is -3.65. The Morgan fingerprint density at radius 1 is 0.957 bits per heavy atom. The molecule has 4 rings (SSSR count). The van der Waals surface area contributed by atoms with Crippen molar-refractivity contribution < 1.29 is 45.5 Å². The zero-order valence-corrected chi connectivity index (χ0v) is 30.9. The summed E-state index contributed by atoms with van der Waals surface area (Å²) in [6.07, 6.45) is -3.80. The first-order valence-corrected chi connectivity index (χ1v) is 19.7. The van der Waals surface area contributed by atoms with Gasteiger partial charge in [0, 0.05) is 11.8 Å². The lowest BCUT2D eigenvalue weighted by atomic mass is 10.1. The average molecular weight is 700 g/mol. The minimum Gasteiger partial charge on any atom is -0.493 e. The highest BCUT2D eigenvalue weighted by molar-refractivity contribution is 6.84. The molecule has 0 spiro atoms. The largest absolute Gasteiger partial charge is 0.493 e. The fraction of sp³-hybridized carbons (Fsp3) is 0.645. The lowest BCUT2D eigenvalue weighted by Gasteiger charge is -2.51. The zero-order chi connectivity index (χ0) is 35.1. The molecule has 0 radical (unpaired) electrons. The fourth-order valence-corrected chi connectivity index (χ4v) is 17.6. The molecule has 0 bridgehead atoms. The van der Waals surface area contributed by atoms with Crippen molar-refractivity contribution in [1.82, 2.24) is 9.55 Å². The normalized spacial score (nSPS) is 23.4. The van der Waals surface area contributed by atoms with Crippen LogP contribution in [-0.4, -0.2) is 78.6 Å². The number of benzene rings is 1. The average Bonchev–Trinajstić information content (AvgIpc) is 3.23. The van der Waals surface area contributed by atoms with Crippen molar-refractivity contribution in [1.29, 1.82) is 0 Å². The number of alkyl halides is 2. The van der Waals surface area contributed by atoms with E-state index in [9.17, 15) is 9.59 Å². The van der Waals surface area contributed by atoms with E-state index in [1.54, 1.807) is 0 Å². The molecule has 1 amide bonds. The minimum absolute atomic E-state index is 0.0133. The highest BCUT2D eigenvalue weighted by Gasteiger charge is 2.67. The van der Waals surface area contributed by atoms with Crippen molar-refractivity contribution in [3.63, 3.8) is 0 Å². The summed E-state index contributed by atoms with van der Waals surface area (Å²) in [6, 6.07) is 4.10. The molecule has 0 saturated carbocycles. The van der Waals surface area contributed by atoms with Gasteiger partial charge in [-0.3, -0.25) is 9.36 Å². The third-order valence-electron chi connectivity index (χ3n) is 8.92. The number of methoxy groups -OCH3 is 3. The number of anilines is 1. The van der Waals surface area contributed by atoms with Crippen molar-refractivity contribution in [2.45, 2.75) is 102 Å². The zero-order valence-electron chi connectivity index (χ0n) is 28.9. The van der Waals surface area contributed by atoms with Crippen LogP contribution in [0.2, 0.25) is 22.2 Å². The third kappa shape index (κ3) is 6.59. The van der Waals surface area contributed by atoms with E-state index in [1.807, 2.05) is 55.4 Å². The van der Waals surface area contributed by atoms with Gasteiger partial charge in [-0.15, -0.1) is 0 Å². The monoisotopic (exact) mass is 699 g/mol. The maximum atomic E-state index is 16.4. The maximum Gasteiger partial charge on any atom is 0.351 e. The number of amides is 1. The second kappa shape index (κ2) is 13.9. The predicted molar refractivity (Wildman–Crippen MR) is 175 cm³/mol. The molecule has 2 aliphatic heterocycles. The second-order valence-electron chi connectivity index (χ2n) is 13.1. The van der Waals surface area contributed by atoms with Gasteiger partial charge in [-0.25, -0.2) is 4.79 Å². The SMILES string of the molecule is COc1cc(C(=O)Nc2ccn([C@@H]3O[C@@H]4CO[Si](C(C)C)(C(C)C)O[Si](C(C)C)(C(C)C)O[C@@H]4C3(F)F)c(=O)n2)cc(OC)c1OC. The van der Waals surface area contributed by atoms with E-state index in [2.05, 4.69) is 10.3 Å². The van der Waals surface area contributed by atoms with Crippen molar-refractivity contribution in [3.05, 3.63) is 40.4 Å². The highest BCUT2D eigenvalue weighted by Crippen LogP contribution is 2.52. The Morgan fingerprint density at radius 2 is 1.51 bits per heavy atom. The van der Waals surface area contributed by atoms with Gasteiger partial charge >= 0.3 is 28.7 Å². The Hall–Kier alpha value is -2.90. The van der Waals surface area contributed by atoms with Crippen molar-refractivity contribution in [3.8, 4) is 17.2 Å². The van der Waals surface area contributed by atoms with Gasteiger partial charge in [0.15, 0.2) is 11.5 Å². The first-order valence-electron chi connectivity index (χ1n) is 15.7. The Labute approximate surface area is 276 Å². The highest BCUT2D eigenvalue weighted by atomic mass is 28.5. The molecule has 16 heteroatoms. The van der Waals surface area contributed by atoms with E-state index >= 15 is 8.78 Å². The van der Waals surface area contributed by atoms with Crippen LogP contribution < -0.4 is 25.2 Å². The summed E-state index contributed by atoms with van der Waals surface area (Å²) >= 11 is 0. The van der Waals surface area contributed by atoms with Gasteiger partial charge in [0.2, 0.25) is 12.0 Å². The molecule has 47 heavy (non-hydrogen) atoms. The number of carbonyl (C=O) groups excluding carboxylic acids is 1.